The van der Waals surface area contributed by atoms with Crippen molar-refractivity contribution in [1.29, 1.82) is 0 Å². The van der Waals surface area contributed by atoms with Gasteiger partial charge in [0.2, 0.25) is 11.8 Å². The molecular formula is C7H10N2O5S. The minimum atomic E-state index is -3.66. The zero-order valence-corrected chi connectivity index (χ0v) is 9.24. The molecular weight excluding hydrogens is 224 g/mol. The van der Waals surface area contributed by atoms with Gasteiger partial charge in [0.25, 0.3) is 0 Å². The third-order valence-electron chi connectivity index (χ3n) is 1.30. The molecule has 1 rings (SSSR count). The van der Waals surface area contributed by atoms with E-state index in [-0.39, 0.29) is 17.8 Å². The van der Waals surface area contributed by atoms with Gasteiger partial charge < -0.3 is 13.7 Å². The summed E-state index contributed by atoms with van der Waals surface area (Å²) in [4.78, 5) is 7.34. The van der Waals surface area contributed by atoms with Crippen molar-refractivity contribution in [3.8, 4) is 17.8 Å². The predicted octanol–water partition coefficient (Wildman–Crippen LogP) is -0.168. The number of ether oxygens (including phenoxy) is 2. The maximum Gasteiger partial charge on any atom is 0.339 e. The van der Waals surface area contributed by atoms with E-state index in [0.717, 1.165) is 6.26 Å². The van der Waals surface area contributed by atoms with E-state index in [1.165, 1.54) is 20.3 Å². The summed E-state index contributed by atoms with van der Waals surface area (Å²) < 4.78 is 35.7. The fraction of sp³-hybridized carbons (Fsp3) is 0.429. The maximum atomic E-state index is 10.8. The molecule has 0 aliphatic heterocycles. The summed E-state index contributed by atoms with van der Waals surface area (Å²) in [6, 6.07) is 1.06. The van der Waals surface area contributed by atoms with Crippen molar-refractivity contribution < 1.29 is 22.1 Å². The van der Waals surface area contributed by atoms with Gasteiger partial charge in [-0.1, -0.05) is 0 Å². The summed E-state index contributed by atoms with van der Waals surface area (Å²) in [6.45, 7) is 0. The van der Waals surface area contributed by atoms with Gasteiger partial charge >= 0.3 is 16.1 Å². The number of hydrogen-bond donors (Lipinski definition) is 0. The third-order valence-corrected chi connectivity index (χ3v) is 1.75. The minimum Gasteiger partial charge on any atom is -0.481 e. The van der Waals surface area contributed by atoms with Crippen LogP contribution in [0.1, 0.15) is 0 Å². The molecule has 1 aromatic heterocycles. The van der Waals surface area contributed by atoms with Crippen molar-refractivity contribution in [2.75, 3.05) is 20.5 Å². The lowest BCUT2D eigenvalue weighted by atomic mass is 10.6. The summed E-state index contributed by atoms with van der Waals surface area (Å²) in [5, 5.41) is 0. The lowest BCUT2D eigenvalue weighted by Crippen LogP contribution is -2.09. The number of nitrogens with zero attached hydrogens (tertiary/aromatic N) is 2. The molecule has 15 heavy (non-hydrogen) atoms. The van der Waals surface area contributed by atoms with Crippen LogP contribution in [0.3, 0.4) is 0 Å². The molecule has 0 aliphatic carbocycles. The SMILES string of the molecule is COc1cc(OC)nc(OS(C)(=O)=O)n1. The van der Waals surface area contributed by atoms with Crippen LogP contribution >= 0.6 is 0 Å². The van der Waals surface area contributed by atoms with Crippen molar-refractivity contribution in [1.82, 2.24) is 9.97 Å². The van der Waals surface area contributed by atoms with Gasteiger partial charge in [0.15, 0.2) is 0 Å². The molecule has 0 atom stereocenters. The largest absolute Gasteiger partial charge is 0.481 e. The van der Waals surface area contributed by atoms with Gasteiger partial charge in [-0.2, -0.15) is 18.4 Å². The summed E-state index contributed by atoms with van der Waals surface area (Å²) in [7, 11) is -0.901. The van der Waals surface area contributed by atoms with E-state index in [0.29, 0.717) is 0 Å². The van der Waals surface area contributed by atoms with Gasteiger partial charge in [0, 0.05) is 0 Å². The molecule has 0 radical (unpaired) electrons. The van der Waals surface area contributed by atoms with Crippen molar-refractivity contribution >= 4 is 10.1 Å². The van der Waals surface area contributed by atoms with E-state index in [1.54, 1.807) is 0 Å². The van der Waals surface area contributed by atoms with Crippen molar-refractivity contribution in [3.63, 3.8) is 0 Å². The molecule has 0 spiro atoms. The Morgan fingerprint density at radius 2 is 1.60 bits per heavy atom. The number of hydrogen-bond acceptors (Lipinski definition) is 7. The van der Waals surface area contributed by atoms with Crippen LogP contribution in [0.25, 0.3) is 0 Å². The highest BCUT2D eigenvalue weighted by Crippen LogP contribution is 2.19. The quantitative estimate of drug-likeness (QED) is 0.668. The van der Waals surface area contributed by atoms with Crippen molar-refractivity contribution in [2.24, 2.45) is 0 Å². The highest BCUT2D eigenvalue weighted by atomic mass is 32.2. The van der Waals surface area contributed by atoms with E-state index in [2.05, 4.69) is 14.2 Å². The molecule has 7 nitrogen and oxygen atoms in total. The smallest absolute Gasteiger partial charge is 0.339 e. The Bertz CT molecular complexity index is 422. The Balaban J connectivity index is 3.07. The Morgan fingerprint density at radius 1 is 1.13 bits per heavy atom. The minimum absolute atomic E-state index is 0.153. The second-order valence-corrected chi connectivity index (χ2v) is 4.10. The van der Waals surface area contributed by atoms with Crippen LogP contribution in [0.5, 0.6) is 17.8 Å². The normalized spacial score (nSPS) is 10.9. The van der Waals surface area contributed by atoms with Gasteiger partial charge in [0.1, 0.15) is 0 Å². The molecule has 8 heteroatoms. The predicted molar refractivity (Wildman–Crippen MR) is 50.6 cm³/mol. The summed E-state index contributed by atoms with van der Waals surface area (Å²) in [5.41, 5.74) is 0. The van der Waals surface area contributed by atoms with Crippen LogP contribution in [0.2, 0.25) is 0 Å². The highest BCUT2D eigenvalue weighted by molar-refractivity contribution is 7.86. The summed E-state index contributed by atoms with van der Waals surface area (Å²) in [6.07, 6.45) is 0.891. The van der Waals surface area contributed by atoms with Crippen LogP contribution in [0.4, 0.5) is 0 Å². The van der Waals surface area contributed by atoms with Crippen molar-refractivity contribution in [3.05, 3.63) is 6.07 Å². The first-order valence-corrected chi connectivity index (χ1v) is 5.63. The van der Waals surface area contributed by atoms with Gasteiger partial charge in [0.05, 0.1) is 26.5 Å². The van der Waals surface area contributed by atoms with Gasteiger partial charge in [-0.15, -0.1) is 0 Å². The highest BCUT2D eigenvalue weighted by Gasteiger charge is 2.11. The average molecular weight is 234 g/mol. The summed E-state index contributed by atoms with van der Waals surface area (Å²) >= 11 is 0. The Morgan fingerprint density at radius 3 is 1.93 bits per heavy atom. The maximum absolute atomic E-state index is 10.8. The Kier molecular flexibility index (Phi) is 3.30. The topological polar surface area (TPSA) is 87.6 Å². The lowest BCUT2D eigenvalue weighted by Gasteiger charge is -2.05. The number of aromatic nitrogens is 2. The van der Waals surface area contributed by atoms with E-state index in [1.807, 2.05) is 0 Å². The molecule has 0 aromatic carbocycles. The van der Waals surface area contributed by atoms with E-state index in [9.17, 15) is 8.42 Å². The van der Waals surface area contributed by atoms with Crippen molar-refractivity contribution in [2.45, 2.75) is 0 Å². The molecule has 0 saturated heterocycles. The molecule has 0 bridgehead atoms. The molecule has 0 unspecified atom stereocenters. The first-order chi connectivity index (χ1) is 6.94. The molecule has 84 valence electrons. The number of methoxy groups -OCH3 is 2. The van der Waals surface area contributed by atoms with E-state index < -0.39 is 10.1 Å². The van der Waals surface area contributed by atoms with Gasteiger partial charge in [-0.05, 0) is 0 Å². The average Bonchev–Trinajstić information content (AvgIpc) is 2.14. The molecule has 0 amide bonds. The van der Waals surface area contributed by atoms with Gasteiger partial charge in [-0.3, -0.25) is 0 Å². The lowest BCUT2D eigenvalue weighted by molar-refractivity contribution is 0.358. The molecule has 0 aliphatic rings. The third kappa shape index (κ3) is 3.58. The van der Waals surface area contributed by atoms with Crippen LogP contribution in [-0.4, -0.2) is 38.9 Å². The Labute approximate surface area is 87.1 Å². The summed E-state index contributed by atoms with van der Waals surface area (Å²) in [5.74, 6) is 0.306. The van der Waals surface area contributed by atoms with Gasteiger partial charge in [-0.25, -0.2) is 0 Å². The second-order valence-electron chi connectivity index (χ2n) is 2.52. The number of rotatable bonds is 4. The molecule has 0 saturated carbocycles. The monoisotopic (exact) mass is 234 g/mol. The van der Waals surface area contributed by atoms with Crippen LogP contribution < -0.4 is 13.7 Å². The fourth-order valence-corrected chi connectivity index (χ4v) is 1.11. The first kappa shape index (κ1) is 11.5. The zero-order chi connectivity index (χ0) is 11.5. The molecule has 0 fully saturated rings. The molecule has 0 N–H and O–H groups in total. The van der Waals surface area contributed by atoms with Crippen LogP contribution in [-0.2, 0) is 10.1 Å². The van der Waals surface area contributed by atoms with Crippen LogP contribution in [0.15, 0.2) is 6.07 Å². The molecule has 1 heterocycles. The molecule has 1 aromatic rings. The Hall–Kier alpha value is -1.57. The van der Waals surface area contributed by atoms with E-state index >= 15 is 0 Å². The fourth-order valence-electron chi connectivity index (χ4n) is 0.766. The van der Waals surface area contributed by atoms with Crippen LogP contribution in [0, 0.1) is 0 Å². The second kappa shape index (κ2) is 4.30. The standard InChI is InChI=1S/C7H10N2O5S/c1-12-5-4-6(13-2)9-7(8-5)14-15(3,10)11/h4H,1-3H3. The zero-order valence-electron chi connectivity index (χ0n) is 8.42. The van der Waals surface area contributed by atoms with E-state index in [4.69, 9.17) is 9.47 Å². The first-order valence-electron chi connectivity index (χ1n) is 3.81.